The molecule has 0 saturated heterocycles. The molecule has 26 heavy (non-hydrogen) atoms. The van der Waals surface area contributed by atoms with Crippen LogP contribution >= 0.6 is 0 Å². The number of carboxylic acids is 1. The molecule has 4 aromatic rings. The highest BCUT2D eigenvalue weighted by Gasteiger charge is 2.14. The molecule has 1 N–H and O–H groups in total. The van der Waals surface area contributed by atoms with Gasteiger partial charge >= 0.3 is 5.97 Å². The maximum Gasteiger partial charge on any atom is 0.335 e. The fraction of sp³-hybridized carbons (Fsp3) is 0. The van der Waals surface area contributed by atoms with Gasteiger partial charge in [-0.05, 0) is 24.3 Å². The highest BCUT2D eigenvalue weighted by Crippen LogP contribution is 2.25. The van der Waals surface area contributed by atoms with E-state index in [0.29, 0.717) is 16.8 Å². The fourth-order valence-corrected chi connectivity index (χ4v) is 2.94. The molecular formula is C21H14N2O3. The van der Waals surface area contributed by atoms with Gasteiger partial charge in [-0.15, -0.1) is 0 Å². The molecule has 3 aromatic carbocycles. The van der Waals surface area contributed by atoms with Gasteiger partial charge in [-0.3, -0.25) is 4.79 Å². The number of hydrogen-bond donors (Lipinski definition) is 1. The zero-order valence-electron chi connectivity index (χ0n) is 13.7. The van der Waals surface area contributed by atoms with E-state index >= 15 is 0 Å². The summed E-state index contributed by atoms with van der Waals surface area (Å²) in [6.45, 7) is 0. The SMILES string of the molecule is O=C(O)c1cccc(-n2nc(-c3ccccc3)c3ccccc3c2=O)c1. The van der Waals surface area contributed by atoms with Crippen LogP contribution in [0.4, 0.5) is 0 Å². The van der Waals surface area contributed by atoms with Crippen LogP contribution in [-0.4, -0.2) is 20.9 Å². The van der Waals surface area contributed by atoms with Gasteiger partial charge in [0.25, 0.3) is 5.56 Å². The van der Waals surface area contributed by atoms with Crippen LogP contribution in [0.2, 0.25) is 0 Å². The minimum Gasteiger partial charge on any atom is -0.478 e. The molecule has 5 nitrogen and oxygen atoms in total. The quantitative estimate of drug-likeness (QED) is 0.615. The van der Waals surface area contributed by atoms with Crippen molar-refractivity contribution in [2.75, 3.05) is 0 Å². The van der Waals surface area contributed by atoms with Gasteiger partial charge in [0.2, 0.25) is 0 Å². The monoisotopic (exact) mass is 342 g/mol. The second kappa shape index (κ2) is 6.29. The fourth-order valence-electron chi connectivity index (χ4n) is 2.94. The van der Waals surface area contributed by atoms with Gasteiger partial charge in [0.1, 0.15) is 0 Å². The number of carboxylic acid groups (broad SMARTS) is 1. The van der Waals surface area contributed by atoms with E-state index in [-0.39, 0.29) is 11.1 Å². The second-order valence-electron chi connectivity index (χ2n) is 5.83. The summed E-state index contributed by atoms with van der Waals surface area (Å²) in [5.74, 6) is -1.05. The van der Waals surface area contributed by atoms with Crippen LogP contribution in [0.3, 0.4) is 0 Å². The van der Waals surface area contributed by atoms with Crippen LogP contribution in [0.25, 0.3) is 27.7 Å². The molecule has 0 aliphatic heterocycles. The van der Waals surface area contributed by atoms with Crippen molar-refractivity contribution in [3.8, 4) is 16.9 Å². The summed E-state index contributed by atoms with van der Waals surface area (Å²) in [4.78, 5) is 24.2. The van der Waals surface area contributed by atoms with Gasteiger partial charge in [0, 0.05) is 10.9 Å². The first-order valence-electron chi connectivity index (χ1n) is 8.06. The molecule has 0 spiro atoms. The van der Waals surface area contributed by atoms with Gasteiger partial charge in [-0.1, -0.05) is 54.6 Å². The van der Waals surface area contributed by atoms with Crippen molar-refractivity contribution >= 4 is 16.7 Å². The molecule has 0 bridgehead atoms. The summed E-state index contributed by atoms with van der Waals surface area (Å²) in [7, 11) is 0. The molecular weight excluding hydrogens is 328 g/mol. The highest BCUT2D eigenvalue weighted by atomic mass is 16.4. The number of aromatic nitrogens is 2. The van der Waals surface area contributed by atoms with Gasteiger partial charge < -0.3 is 5.11 Å². The molecule has 0 saturated carbocycles. The van der Waals surface area contributed by atoms with Crippen LogP contribution < -0.4 is 5.56 Å². The predicted molar refractivity (Wildman–Crippen MR) is 99.7 cm³/mol. The van der Waals surface area contributed by atoms with Gasteiger partial charge in [-0.25, -0.2) is 4.79 Å². The first-order chi connectivity index (χ1) is 12.6. The molecule has 0 fully saturated rings. The molecule has 0 amide bonds. The Morgan fingerprint density at radius 1 is 0.846 bits per heavy atom. The van der Waals surface area contributed by atoms with E-state index in [2.05, 4.69) is 5.10 Å². The average molecular weight is 342 g/mol. The van der Waals surface area contributed by atoms with Gasteiger partial charge in [0.05, 0.1) is 22.3 Å². The van der Waals surface area contributed by atoms with Crippen LogP contribution in [0, 0.1) is 0 Å². The average Bonchev–Trinajstić information content (AvgIpc) is 2.69. The lowest BCUT2D eigenvalue weighted by atomic mass is 10.1. The third-order valence-corrected chi connectivity index (χ3v) is 4.19. The zero-order valence-corrected chi connectivity index (χ0v) is 13.7. The minimum atomic E-state index is -1.05. The van der Waals surface area contributed by atoms with Gasteiger partial charge in [0.15, 0.2) is 0 Å². The Hall–Kier alpha value is -3.73. The number of nitrogens with zero attached hydrogens (tertiary/aromatic N) is 2. The molecule has 0 aliphatic rings. The van der Waals surface area contributed by atoms with E-state index in [4.69, 9.17) is 0 Å². The Bertz CT molecular complexity index is 1180. The summed E-state index contributed by atoms with van der Waals surface area (Å²) < 4.78 is 1.26. The van der Waals surface area contributed by atoms with Crippen LogP contribution in [0.5, 0.6) is 0 Å². The summed E-state index contributed by atoms with van der Waals surface area (Å²) in [6.07, 6.45) is 0. The Morgan fingerprint density at radius 2 is 1.54 bits per heavy atom. The maximum absolute atomic E-state index is 12.9. The molecule has 0 unspecified atom stereocenters. The predicted octanol–water partition coefficient (Wildman–Crippen LogP) is 3.75. The summed E-state index contributed by atoms with van der Waals surface area (Å²) in [5.41, 5.74) is 1.78. The van der Waals surface area contributed by atoms with E-state index in [9.17, 15) is 14.7 Å². The van der Waals surface area contributed by atoms with Crippen molar-refractivity contribution in [3.63, 3.8) is 0 Å². The maximum atomic E-state index is 12.9. The molecule has 1 aromatic heterocycles. The van der Waals surface area contributed by atoms with Crippen molar-refractivity contribution in [2.45, 2.75) is 0 Å². The first kappa shape index (κ1) is 15.8. The molecule has 5 heteroatoms. The van der Waals surface area contributed by atoms with Crippen molar-refractivity contribution in [2.24, 2.45) is 0 Å². The van der Waals surface area contributed by atoms with Crippen LogP contribution in [0.1, 0.15) is 10.4 Å². The minimum absolute atomic E-state index is 0.102. The highest BCUT2D eigenvalue weighted by molar-refractivity contribution is 5.94. The molecule has 1 heterocycles. The largest absolute Gasteiger partial charge is 0.478 e. The number of aromatic carboxylic acids is 1. The van der Waals surface area contributed by atoms with E-state index in [0.717, 1.165) is 10.9 Å². The lowest BCUT2D eigenvalue weighted by Crippen LogP contribution is -2.22. The summed E-state index contributed by atoms with van der Waals surface area (Å²) in [5, 5.41) is 15.1. The van der Waals surface area contributed by atoms with Gasteiger partial charge in [-0.2, -0.15) is 9.78 Å². The molecule has 0 radical (unpaired) electrons. The molecule has 126 valence electrons. The Kier molecular flexibility index (Phi) is 3.82. The van der Waals surface area contributed by atoms with E-state index in [1.807, 2.05) is 42.5 Å². The number of rotatable bonds is 3. The van der Waals surface area contributed by atoms with Crippen molar-refractivity contribution < 1.29 is 9.90 Å². The molecule has 0 atom stereocenters. The number of carbonyl (C=O) groups is 1. The van der Waals surface area contributed by atoms with Crippen LogP contribution in [0.15, 0.2) is 83.7 Å². The smallest absolute Gasteiger partial charge is 0.335 e. The number of fused-ring (bicyclic) bond motifs is 1. The third kappa shape index (κ3) is 2.65. The first-order valence-corrected chi connectivity index (χ1v) is 8.06. The van der Waals surface area contributed by atoms with Crippen molar-refractivity contribution in [1.82, 2.24) is 9.78 Å². The normalized spacial score (nSPS) is 10.8. The Labute approximate surface area is 148 Å². The van der Waals surface area contributed by atoms with Crippen molar-refractivity contribution in [3.05, 3.63) is 94.8 Å². The van der Waals surface area contributed by atoms with Crippen LogP contribution in [-0.2, 0) is 0 Å². The van der Waals surface area contributed by atoms with E-state index in [1.54, 1.807) is 24.3 Å². The third-order valence-electron chi connectivity index (χ3n) is 4.19. The number of benzene rings is 3. The molecule has 4 rings (SSSR count). The topological polar surface area (TPSA) is 72.2 Å². The second-order valence-corrected chi connectivity index (χ2v) is 5.83. The Morgan fingerprint density at radius 3 is 2.27 bits per heavy atom. The summed E-state index contributed by atoms with van der Waals surface area (Å²) >= 11 is 0. The van der Waals surface area contributed by atoms with E-state index < -0.39 is 5.97 Å². The number of hydrogen-bond acceptors (Lipinski definition) is 3. The lowest BCUT2D eigenvalue weighted by molar-refractivity contribution is 0.0697. The standard InChI is InChI=1S/C21H14N2O3/c24-20-18-12-5-4-11-17(18)19(14-7-2-1-3-8-14)22-23(20)16-10-6-9-15(13-16)21(25)26/h1-13H,(H,25,26). The lowest BCUT2D eigenvalue weighted by Gasteiger charge is -2.11. The molecule has 0 aliphatic carbocycles. The van der Waals surface area contributed by atoms with Crippen molar-refractivity contribution in [1.29, 1.82) is 0 Å². The van der Waals surface area contributed by atoms with E-state index in [1.165, 1.54) is 16.8 Å². The summed E-state index contributed by atoms with van der Waals surface area (Å²) in [6, 6.07) is 23.1. The zero-order chi connectivity index (χ0) is 18.1. The Balaban J connectivity index is 2.05.